The summed E-state index contributed by atoms with van der Waals surface area (Å²) in [5.41, 5.74) is 7.72. The number of hydrogen-bond acceptors (Lipinski definition) is 4. The molecule has 0 atom stereocenters. The summed E-state index contributed by atoms with van der Waals surface area (Å²) >= 11 is 0. The number of allylic oxidation sites excluding steroid dienone is 1. The summed E-state index contributed by atoms with van der Waals surface area (Å²) in [4.78, 5) is 13.3. The van der Waals surface area contributed by atoms with E-state index in [2.05, 4.69) is 75.9 Å². The number of fused-ring (bicyclic) bond motifs is 1. The van der Waals surface area contributed by atoms with Crippen LogP contribution in [0.2, 0.25) is 0 Å². The van der Waals surface area contributed by atoms with E-state index in [9.17, 15) is 4.79 Å². The van der Waals surface area contributed by atoms with Crippen LogP contribution in [-0.4, -0.2) is 41.7 Å². The Morgan fingerprint density at radius 1 is 1.09 bits per heavy atom. The smallest absolute Gasteiger partial charge is 0.309 e. The molecule has 1 saturated heterocycles. The number of likely N-dealkylation sites (tertiary alicyclic amines) is 1. The van der Waals surface area contributed by atoms with E-state index in [1.54, 1.807) is 0 Å². The quantitative estimate of drug-likeness (QED) is 0.456. The summed E-state index contributed by atoms with van der Waals surface area (Å²) in [5, 5.41) is 9.12. The maximum atomic E-state index is 11.1. The van der Waals surface area contributed by atoms with E-state index < -0.39 is 5.97 Å². The molecule has 0 amide bonds. The SMILES string of the molecule is CC1=C(CN2CC(C(=O)O)C2)CCc2cc(OCc3ccc(CC(C)C)cc3OC(C)C)ccc21. The first-order valence-electron chi connectivity index (χ1n) is 12.9. The number of aliphatic carboxylic acids is 1. The number of carbonyl (C=O) groups is 1. The molecule has 2 aromatic rings. The van der Waals surface area contributed by atoms with Crippen LogP contribution in [0.15, 0.2) is 42.0 Å². The van der Waals surface area contributed by atoms with Gasteiger partial charge in [0.15, 0.2) is 0 Å². The monoisotopic (exact) mass is 477 g/mol. The van der Waals surface area contributed by atoms with E-state index in [1.165, 1.54) is 27.8 Å². The van der Waals surface area contributed by atoms with Crippen molar-refractivity contribution in [2.75, 3.05) is 19.6 Å². The van der Waals surface area contributed by atoms with Crippen molar-refractivity contribution in [2.45, 2.75) is 66.6 Å². The standard InChI is InChI=1S/C30H39NO4/c1-19(2)12-22-6-7-25(29(13-22)35-20(3)4)18-34-27-10-11-28-21(5)24(9-8-23(28)14-27)15-31-16-26(17-31)30(32)33/h6-7,10-11,13-14,19-20,26H,8-9,12,15-18H2,1-5H3,(H,32,33). The minimum atomic E-state index is -0.678. The molecule has 1 N–H and O–H groups in total. The average Bonchev–Trinajstić information content (AvgIpc) is 2.75. The zero-order chi connectivity index (χ0) is 25.1. The summed E-state index contributed by atoms with van der Waals surface area (Å²) < 4.78 is 12.3. The number of nitrogens with zero attached hydrogens (tertiary/aromatic N) is 1. The highest BCUT2D eigenvalue weighted by Gasteiger charge is 2.33. The van der Waals surface area contributed by atoms with Gasteiger partial charge in [-0.15, -0.1) is 0 Å². The molecule has 5 nitrogen and oxygen atoms in total. The first-order valence-corrected chi connectivity index (χ1v) is 12.9. The van der Waals surface area contributed by atoms with Crippen molar-refractivity contribution in [1.29, 1.82) is 0 Å². The molecule has 0 radical (unpaired) electrons. The van der Waals surface area contributed by atoms with Crippen molar-refractivity contribution in [3.63, 3.8) is 0 Å². The van der Waals surface area contributed by atoms with E-state index in [0.717, 1.165) is 42.9 Å². The zero-order valence-corrected chi connectivity index (χ0v) is 21.8. The molecule has 0 unspecified atom stereocenters. The molecule has 2 aromatic carbocycles. The Balaban J connectivity index is 1.42. The molecule has 1 aliphatic carbocycles. The highest BCUT2D eigenvalue weighted by Crippen LogP contribution is 2.35. The number of aryl methyl sites for hydroxylation is 1. The molecule has 1 aliphatic heterocycles. The lowest BCUT2D eigenvalue weighted by Crippen LogP contribution is -2.50. The summed E-state index contributed by atoms with van der Waals surface area (Å²) in [5.74, 6) is 1.52. The van der Waals surface area contributed by atoms with E-state index in [1.807, 2.05) is 0 Å². The van der Waals surface area contributed by atoms with Crippen LogP contribution in [0.4, 0.5) is 0 Å². The minimum absolute atomic E-state index is 0.113. The van der Waals surface area contributed by atoms with Crippen LogP contribution in [0.3, 0.4) is 0 Å². The van der Waals surface area contributed by atoms with Gasteiger partial charge in [-0.3, -0.25) is 9.69 Å². The van der Waals surface area contributed by atoms with Crippen molar-refractivity contribution < 1.29 is 19.4 Å². The van der Waals surface area contributed by atoms with Crippen molar-refractivity contribution in [2.24, 2.45) is 11.8 Å². The van der Waals surface area contributed by atoms with E-state index >= 15 is 0 Å². The number of hydrogen-bond donors (Lipinski definition) is 1. The fourth-order valence-corrected chi connectivity index (χ4v) is 5.06. The first-order chi connectivity index (χ1) is 16.7. The fraction of sp³-hybridized carbons (Fsp3) is 0.500. The van der Waals surface area contributed by atoms with Crippen LogP contribution in [0.1, 0.15) is 63.3 Å². The maximum Gasteiger partial charge on any atom is 0.309 e. The predicted octanol–water partition coefficient (Wildman–Crippen LogP) is 5.99. The summed E-state index contributed by atoms with van der Waals surface area (Å²) in [6.45, 7) is 13.4. The van der Waals surface area contributed by atoms with Crippen molar-refractivity contribution >= 4 is 11.5 Å². The molecule has 1 fully saturated rings. The molecule has 4 rings (SSSR count). The lowest BCUT2D eigenvalue weighted by atomic mass is 9.85. The zero-order valence-electron chi connectivity index (χ0n) is 21.8. The molecule has 0 saturated carbocycles. The van der Waals surface area contributed by atoms with Crippen LogP contribution >= 0.6 is 0 Å². The molecular weight excluding hydrogens is 438 g/mol. The van der Waals surface area contributed by atoms with Gasteiger partial charge >= 0.3 is 5.97 Å². The molecule has 2 aliphatic rings. The van der Waals surface area contributed by atoms with Gasteiger partial charge in [0, 0.05) is 25.2 Å². The second-order valence-electron chi connectivity index (χ2n) is 10.8. The fourth-order valence-electron chi connectivity index (χ4n) is 5.06. The number of rotatable bonds is 10. The van der Waals surface area contributed by atoms with Crippen LogP contribution in [0.25, 0.3) is 5.57 Å². The van der Waals surface area contributed by atoms with Crippen LogP contribution < -0.4 is 9.47 Å². The Hall–Kier alpha value is -2.79. The van der Waals surface area contributed by atoms with Crippen LogP contribution in [0, 0.1) is 11.8 Å². The molecule has 1 heterocycles. The van der Waals surface area contributed by atoms with Gasteiger partial charge in [-0.25, -0.2) is 0 Å². The number of carboxylic acid groups (broad SMARTS) is 1. The average molecular weight is 478 g/mol. The van der Waals surface area contributed by atoms with Gasteiger partial charge in [0.25, 0.3) is 0 Å². The molecule has 0 aromatic heterocycles. The third-order valence-corrected chi connectivity index (χ3v) is 6.96. The Kier molecular flexibility index (Phi) is 7.85. The van der Waals surface area contributed by atoms with Gasteiger partial charge in [0.05, 0.1) is 12.0 Å². The largest absolute Gasteiger partial charge is 0.491 e. The molecule has 188 valence electrons. The summed E-state index contributed by atoms with van der Waals surface area (Å²) in [6, 6.07) is 12.9. The maximum absolute atomic E-state index is 11.1. The molecule has 0 spiro atoms. The van der Waals surface area contributed by atoms with Crippen LogP contribution in [0.5, 0.6) is 11.5 Å². The van der Waals surface area contributed by atoms with Crippen molar-refractivity contribution in [3.05, 3.63) is 64.2 Å². The number of carboxylic acids is 1. The van der Waals surface area contributed by atoms with Gasteiger partial charge in [-0.2, -0.15) is 0 Å². The first kappa shape index (κ1) is 25.3. The van der Waals surface area contributed by atoms with E-state index in [-0.39, 0.29) is 12.0 Å². The molecule has 5 heteroatoms. The van der Waals surface area contributed by atoms with Gasteiger partial charge in [-0.05, 0) is 86.4 Å². The minimum Gasteiger partial charge on any atom is -0.491 e. The summed E-state index contributed by atoms with van der Waals surface area (Å²) in [6.07, 6.45) is 3.15. The van der Waals surface area contributed by atoms with E-state index in [4.69, 9.17) is 14.6 Å². The van der Waals surface area contributed by atoms with Crippen molar-refractivity contribution in [1.82, 2.24) is 4.90 Å². The number of ether oxygens (including phenoxy) is 2. The van der Waals surface area contributed by atoms with Crippen molar-refractivity contribution in [3.8, 4) is 11.5 Å². The van der Waals surface area contributed by atoms with Gasteiger partial charge < -0.3 is 14.6 Å². The molecular formula is C30H39NO4. The lowest BCUT2D eigenvalue weighted by Gasteiger charge is -2.38. The second-order valence-corrected chi connectivity index (χ2v) is 10.8. The topological polar surface area (TPSA) is 59.0 Å². The Labute approximate surface area is 209 Å². The Morgan fingerprint density at radius 2 is 1.86 bits per heavy atom. The highest BCUT2D eigenvalue weighted by atomic mass is 16.5. The van der Waals surface area contributed by atoms with Gasteiger partial charge in [0.2, 0.25) is 0 Å². The Bertz CT molecular complexity index is 1100. The highest BCUT2D eigenvalue weighted by molar-refractivity contribution is 5.73. The van der Waals surface area contributed by atoms with Crippen LogP contribution in [-0.2, 0) is 24.2 Å². The second kappa shape index (κ2) is 10.9. The van der Waals surface area contributed by atoms with Gasteiger partial charge in [0.1, 0.15) is 18.1 Å². The lowest BCUT2D eigenvalue weighted by molar-refractivity contribution is -0.147. The Morgan fingerprint density at radius 3 is 2.54 bits per heavy atom. The van der Waals surface area contributed by atoms with Gasteiger partial charge in [-0.1, -0.05) is 37.6 Å². The third kappa shape index (κ3) is 6.26. The predicted molar refractivity (Wildman–Crippen MR) is 140 cm³/mol. The normalized spacial score (nSPS) is 16.4. The summed E-state index contributed by atoms with van der Waals surface area (Å²) in [7, 11) is 0. The number of benzene rings is 2. The third-order valence-electron chi connectivity index (χ3n) is 6.96. The molecule has 35 heavy (non-hydrogen) atoms. The molecule has 0 bridgehead atoms. The van der Waals surface area contributed by atoms with E-state index in [0.29, 0.717) is 25.6 Å².